The Kier molecular flexibility index (Phi) is 6.05. The normalized spacial score (nSPS) is 16.5. The molecule has 1 aliphatic rings. The predicted octanol–water partition coefficient (Wildman–Crippen LogP) is 3.56. The van der Waals surface area contributed by atoms with E-state index in [2.05, 4.69) is 82.8 Å². The van der Waals surface area contributed by atoms with Crippen LogP contribution >= 0.6 is 0 Å². The molecule has 1 heterocycles. The molecule has 1 N–H and O–H groups in total. The molecule has 2 aromatic rings. The van der Waals surface area contributed by atoms with Gasteiger partial charge in [0.2, 0.25) is 0 Å². The van der Waals surface area contributed by atoms with Crippen molar-refractivity contribution in [2.24, 2.45) is 0 Å². The van der Waals surface area contributed by atoms with Gasteiger partial charge in [0.15, 0.2) is 0 Å². The summed E-state index contributed by atoms with van der Waals surface area (Å²) in [5.41, 5.74) is 3.82. The number of hydrogen-bond acceptors (Lipinski definition) is 3. The maximum atomic E-state index is 3.49. The third kappa shape index (κ3) is 5.22. The summed E-state index contributed by atoms with van der Waals surface area (Å²) in [5.74, 6) is 0. The first kappa shape index (κ1) is 16.7. The highest BCUT2D eigenvalue weighted by Crippen LogP contribution is 2.14. The van der Waals surface area contributed by atoms with Gasteiger partial charge in [0, 0.05) is 45.0 Å². The number of hydrogen-bond donors (Lipinski definition) is 1. The van der Waals surface area contributed by atoms with Crippen molar-refractivity contribution in [3.05, 3.63) is 71.8 Å². The van der Waals surface area contributed by atoms with Crippen molar-refractivity contribution in [1.82, 2.24) is 9.80 Å². The molecule has 0 unspecified atom stereocenters. The minimum Gasteiger partial charge on any atom is -0.382 e. The molecule has 0 aliphatic carbocycles. The van der Waals surface area contributed by atoms with Crippen molar-refractivity contribution in [3.63, 3.8) is 0 Å². The van der Waals surface area contributed by atoms with Crippen LogP contribution in [-0.2, 0) is 6.54 Å². The van der Waals surface area contributed by atoms with Crippen LogP contribution in [0, 0.1) is 0 Å². The quantitative estimate of drug-likeness (QED) is 0.877. The maximum Gasteiger partial charge on any atom is 0.0345 e. The van der Waals surface area contributed by atoms with Crippen LogP contribution in [0.1, 0.15) is 11.1 Å². The molecule has 126 valence electrons. The van der Waals surface area contributed by atoms with Crippen LogP contribution in [-0.4, -0.2) is 49.6 Å². The number of anilines is 1. The second-order valence-corrected chi connectivity index (χ2v) is 6.47. The van der Waals surface area contributed by atoms with Gasteiger partial charge in [0.25, 0.3) is 0 Å². The first-order valence-corrected chi connectivity index (χ1v) is 8.75. The van der Waals surface area contributed by atoms with Crippen LogP contribution in [0.25, 0.3) is 6.08 Å². The van der Waals surface area contributed by atoms with Crippen LogP contribution in [0.15, 0.2) is 60.7 Å². The molecule has 0 aromatic heterocycles. The molecule has 24 heavy (non-hydrogen) atoms. The molecule has 3 heteroatoms. The molecule has 0 atom stereocenters. The average molecular weight is 321 g/mol. The Morgan fingerprint density at radius 3 is 2.54 bits per heavy atom. The zero-order valence-corrected chi connectivity index (χ0v) is 14.5. The summed E-state index contributed by atoms with van der Waals surface area (Å²) in [5, 5.41) is 3.49. The monoisotopic (exact) mass is 321 g/mol. The van der Waals surface area contributed by atoms with Gasteiger partial charge in [-0.1, -0.05) is 54.6 Å². The highest BCUT2D eigenvalue weighted by molar-refractivity contribution is 5.51. The molecule has 1 aliphatic heterocycles. The second-order valence-electron chi connectivity index (χ2n) is 6.47. The van der Waals surface area contributed by atoms with Crippen molar-refractivity contribution < 1.29 is 0 Å². The van der Waals surface area contributed by atoms with E-state index in [-0.39, 0.29) is 0 Å². The third-order valence-corrected chi connectivity index (χ3v) is 4.46. The van der Waals surface area contributed by atoms with E-state index in [0.717, 1.165) is 26.2 Å². The Morgan fingerprint density at radius 2 is 1.75 bits per heavy atom. The van der Waals surface area contributed by atoms with E-state index in [9.17, 15) is 0 Å². The highest BCUT2D eigenvalue weighted by Gasteiger charge is 2.13. The van der Waals surface area contributed by atoms with Gasteiger partial charge in [-0.15, -0.1) is 0 Å². The molecule has 2 aromatic carbocycles. The van der Waals surface area contributed by atoms with E-state index in [1.807, 2.05) is 6.07 Å². The summed E-state index contributed by atoms with van der Waals surface area (Å²) < 4.78 is 0. The van der Waals surface area contributed by atoms with Crippen LogP contribution in [0.5, 0.6) is 0 Å². The van der Waals surface area contributed by atoms with E-state index < -0.39 is 0 Å². The lowest BCUT2D eigenvalue weighted by molar-refractivity contribution is 0.148. The summed E-state index contributed by atoms with van der Waals surface area (Å²) in [6.07, 6.45) is 4.32. The SMILES string of the molecule is CN1CCN(Cc2cccc(NC/C=C/c3ccccc3)c2)CC1. The smallest absolute Gasteiger partial charge is 0.0345 e. The van der Waals surface area contributed by atoms with E-state index in [4.69, 9.17) is 0 Å². The Bertz CT molecular complexity index is 643. The van der Waals surface area contributed by atoms with Crippen molar-refractivity contribution in [2.75, 3.05) is 45.1 Å². The van der Waals surface area contributed by atoms with Crippen molar-refractivity contribution >= 4 is 11.8 Å². The van der Waals surface area contributed by atoms with E-state index in [1.165, 1.54) is 29.9 Å². The average Bonchev–Trinajstić information content (AvgIpc) is 2.62. The fraction of sp³-hybridized carbons (Fsp3) is 0.333. The van der Waals surface area contributed by atoms with Gasteiger partial charge >= 0.3 is 0 Å². The minimum atomic E-state index is 0.840. The lowest BCUT2D eigenvalue weighted by Gasteiger charge is -2.32. The lowest BCUT2D eigenvalue weighted by Crippen LogP contribution is -2.43. The summed E-state index contributed by atoms with van der Waals surface area (Å²) in [6, 6.07) is 19.2. The van der Waals surface area contributed by atoms with E-state index in [0.29, 0.717) is 0 Å². The number of likely N-dealkylation sites (N-methyl/N-ethyl adjacent to an activating group) is 1. The van der Waals surface area contributed by atoms with Gasteiger partial charge in [0.1, 0.15) is 0 Å². The fourth-order valence-electron chi connectivity index (χ4n) is 2.98. The molecule has 0 spiro atoms. The number of nitrogens with zero attached hydrogens (tertiary/aromatic N) is 2. The largest absolute Gasteiger partial charge is 0.382 e. The fourth-order valence-corrected chi connectivity index (χ4v) is 2.98. The number of benzene rings is 2. The van der Waals surface area contributed by atoms with Crippen molar-refractivity contribution in [2.45, 2.75) is 6.54 Å². The molecule has 0 saturated carbocycles. The Labute approximate surface area is 145 Å². The molecule has 1 fully saturated rings. The van der Waals surface area contributed by atoms with Gasteiger partial charge in [-0.3, -0.25) is 4.90 Å². The Morgan fingerprint density at radius 1 is 0.958 bits per heavy atom. The van der Waals surface area contributed by atoms with Gasteiger partial charge in [-0.05, 0) is 30.3 Å². The molecule has 1 saturated heterocycles. The van der Waals surface area contributed by atoms with Gasteiger partial charge in [0.05, 0.1) is 0 Å². The van der Waals surface area contributed by atoms with Crippen molar-refractivity contribution in [1.29, 1.82) is 0 Å². The Balaban J connectivity index is 1.49. The van der Waals surface area contributed by atoms with Crippen LogP contribution in [0.4, 0.5) is 5.69 Å². The van der Waals surface area contributed by atoms with Crippen molar-refractivity contribution in [3.8, 4) is 0 Å². The maximum absolute atomic E-state index is 3.49. The predicted molar refractivity (Wildman–Crippen MR) is 103 cm³/mol. The van der Waals surface area contributed by atoms with Gasteiger partial charge < -0.3 is 10.2 Å². The number of nitrogens with one attached hydrogen (secondary N) is 1. The molecule has 3 rings (SSSR count). The first-order valence-electron chi connectivity index (χ1n) is 8.75. The third-order valence-electron chi connectivity index (χ3n) is 4.46. The number of piperazine rings is 1. The molecule has 3 nitrogen and oxygen atoms in total. The topological polar surface area (TPSA) is 18.5 Å². The second kappa shape index (κ2) is 8.67. The molecule has 0 amide bonds. The standard InChI is InChI=1S/C21H27N3/c1-23-13-15-24(16-14-23)18-20-9-5-11-21(17-20)22-12-6-10-19-7-3-2-4-8-19/h2-11,17,22H,12-16,18H2,1H3/b10-6+. The zero-order valence-electron chi connectivity index (χ0n) is 14.5. The van der Waals surface area contributed by atoms with Gasteiger partial charge in [-0.2, -0.15) is 0 Å². The van der Waals surface area contributed by atoms with E-state index in [1.54, 1.807) is 0 Å². The van der Waals surface area contributed by atoms with E-state index >= 15 is 0 Å². The summed E-state index contributed by atoms with van der Waals surface area (Å²) >= 11 is 0. The molecule has 0 bridgehead atoms. The first-order chi connectivity index (χ1) is 11.8. The molecular formula is C21H27N3. The zero-order chi connectivity index (χ0) is 16.6. The summed E-state index contributed by atoms with van der Waals surface area (Å²) in [7, 11) is 2.20. The summed E-state index contributed by atoms with van der Waals surface area (Å²) in [4.78, 5) is 4.93. The van der Waals surface area contributed by atoms with Gasteiger partial charge in [-0.25, -0.2) is 0 Å². The number of rotatable bonds is 6. The Hall–Kier alpha value is -2.10. The highest BCUT2D eigenvalue weighted by atomic mass is 15.2. The lowest BCUT2D eigenvalue weighted by atomic mass is 10.1. The van der Waals surface area contributed by atoms with Crippen LogP contribution in [0.2, 0.25) is 0 Å². The molecule has 0 radical (unpaired) electrons. The summed E-state index contributed by atoms with van der Waals surface area (Å²) in [6.45, 7) is 6.54. The minimum absolute atomic E-state index is 0.840. The molecular weight excluding hydrogens is 294 g/mol. The van der Waals surface area contributed by atoms with Crippen LogP contribution in [0.3, 0.4) is 0 Å². The van der Waals surface area contributed by atoms with Crippen LogP contribution < -0.4 is 5.32 Å².